The summed E-state index contributed by atoms with van der Waals surface area (Å²) in [4.78, 5) is 12.3. The molecule has 4 N–H and O–H groups in total. The number of carboxylic acid groups (broad SMARTS) is 1. The molecule has 0 saturated heterocycles. The molecule has 0 spiro atoms. The first-order valence-corrected chi connectivity index (χ1v) is 13.0. The van der Waals surface area contributed by atoms with Crippen LogP contribution in [-0.4, -0.2) is 26.4 Å². The van der Waals surface area contributed by atoms with Gasteiger partial charge in [-0.15, -0.1) is 0 Å². The molecule has 5 nitrogen and oxygen atoms in total. The second kappa shape index (κ2) is 11.3. The highest BCUT2D eigenvalue weighted by Crippen LogP contribution is 2.39. The van der Waals surface area contributed by atoms with Gasteiger partial charge in [0.2, 0.25) is 0 Å². The number of phenolic OH excluding ortho intramolecular Hbond substituents is 2. The monoisotopic (exact) mass is 504 g/mol. The first kappa shape index (κ1) is 28.1. The average molecular weight is 505 g/mol. The summed E-state index contributed by atoms with van der Waals surface area (Å²) in [7, 11) is 0. The van der Waals surface area contributed by atoms with Crippen molar-refractivity contribution in [3.8, 4) is 17.2 Å². The van der Waals surface area contributed by atoms with Gasteiger partial charge in [-0.05, 0) is 66.0 Å². The summed E-state index contributed by atoms with van der Waals surface area (Å²) in [5, 5.41) is 42.8. The van der Waals surface area contributed by atoms with Crippen molar-refractivity contribution in [1.29, 1.82) is 0 Å². The van der Waals surface area contributed by atoms with E-state index in [2.05, 4.69) is 6.92 Å². The Morgan fingerprint density at radius 1 is 0.757 bits per heavy atom. The molecule has 0 heterocycles. The summed E-state index contributed by atoms with van der Waals surface area (Å²) in [5.41, 5.74) is 5.35. The number of rotatable bonds is 10. The third kappa shape index (κ3) is 6.27. The zero-order valence-electron chi connectivity index (χ0n) is 22.9. The molecule has 3 rings (SSSR count). The molecule has 0 fully saturated rings. The molecule has 37 heavy (non-hydrogen) atoms. The molecule has 0 aliphatic rings. The topological polar surface area (TPSA) is 98.0 Å². The van der Waals surface area contributed by atoms with Gasteiger partial charge < -0.3 is 20.4 Å². The highest BCUT2D eigenvalue weighted by Gasteiger charge is 2.29. The van der Waals surface area contributed by atoms with Crippen molar-refractivity contribution in [3.63, 3.8) is 0 Å². The Morgan fingerprint density at radius 2 is 1.30 bits per heavy atom. The van der Waals surface area contributed by atoms with Crippen LogP contribution in [0.5, 0.6) is 17.2 Å². The van der Waals surface area contributed by atoms with E-state index in [1.54, 1.807) is 6.07 Å². The lowest BCUT2D eigenvalue weighted by Gasteiger charge is -2.28. The minimum Gasteiger partial charge on any atom is -0.507 e. The number of hydrogen-bond donors (Lipinski definition) is 4. The van der Waals surface area contributed by atoms with Crippen LogP contribution in [0.4, 0.5) is 0 Å². The minimum atomic E-state index is -1.16. The largest absolute Gasteiger partial charge is 0.507 e. The summed E-state index contributed by atoms with van der Waals surface area (Å²) in [6.07, 6.45) is 4.50. The Labute approximate surface area is 220 Å². The van der Waals surface area contributed by atoms with E-state index in [-0.39, 0.29) is 29.2 Å². The maximum absolute atomic E-state index is 12.3. The van der Waals surface area contributed by atoms with E-state index in [1.165, 1.54) is 0 Å². The van der Waals surface area contributed by atoms with Gasteiger partial charge in [0.25, 0.3) is 0 Å². The van der Waals surface area contributed by atoms with Crippen LogP contribution in [0.1, 0.15) is 101 Å². The van der Waals surface area contributed by atoms with Crippen molar-refractivity contribution >= 4 is 5.97 Å². The van der Waals surface area contributed by atoms with Gasteiger partial charge in [0.1, 0.15) is 22.8 Å². The molecule has 3 aromatic carbocycles. The zero-order chi connectivity index (χ0) is 27.5. The quantitative estimate of drug-likeness (QED) is 0.215. The summed E-state index contributed by atoms with van der Waals surface area (Å²) in [6, 6.07) is 11.2. The number of aromatic hydroxyl groups is 3. The number of benzene rings is 3. The lowest BCUT2D eigenvalue weighted by molar-refractivity contribution is 0.0690. The molecule has 5 heteroatoms. The molecule has 0 bridgehead atoms. The van der Waals surface area contributed by atoms with Crippen molar-refractivity contribution in [2.75, 3.05) is 0 Å². The Balaban J connectivity index is 2.00. The first-order valence-electron chi connectivity index (χ1n) is 13.0. The van der Waals surface area contributed by atoms with Gasteiger partial charge in [-0.25, -0.2) is 4.79 Å². The van der Waals surface area contributed by atoms with Crippen molar-refractivity contribution in [2.24, 2.45) is 0 Å². The number of hydrogen-bond acceptors (Lipinski definition) is 4. The molecule has 0 aliphatic carbocycles. The van der Waals surface area contributed by atoms with Gasteiger partial charge >= 0.3 is 5.97 Å². The van der Waals surface area contributed by atoms with E-state index in [9.17, 15) is 25.2 Å². The van der Waals surface area contributed by atoms with Gasteiger partial charge in [-0.2, -0.15) is 0 Å². The standard InChI is InChI=1S/C32H40O5/c1-7-8-9-12-32(5,6)26-11-10-22(30(35)27(26)31(36)37)17-24-15-20(3)16-25(29(24)34)18-23-14-19(2)13-21(4)28(23)33/h10-11,13-16,33-35H,7-9,12,17-18H2,1-6H3,(H,36,37). The van der Waals surface area contributed by atoms with Gasteiger partial charge in [-0.3, -0.25) is 0 Å². The van der Waals surface area contributed by atoms with Crippen molar-refractivity contribution in [1.82, 2.24) is 0 Å². The predicted molar refractivity (Wildman–Crippen MR) is 148 cm³/mol. The van der Waals surface area contributed by atoms with Crippen LogP contribution >= 0.6 is 0 Å². The van der Waals surface area contributed by atoms with Gasteiger partial charge in [0.15, 0.2) is 0 Å². The first-order chi connectivity index (χ1) is 17.4. The highest BCUT2D eigenvalue weighted by atomic mass is 16.4. The Kier molecular flexibility index (Phi) is 8.57. The fraction of sp³-hybridized carbons (Fsp3) is 0.406. The molecule has 0 atom stereocenters. The molecule has 0 saturated carbocycles. The van der Waals surface area contributed by atoms with E-state index in [0.717, 1.165) is 47.9 Å². The summed E-state index contributed by atoms with van der Waals surface area (Å²) >= 11 is 0. The van der Waals surface area contributed by atoms with Crippen molar-refractivity contribution in [3.05, 3.63) is 86.5 Å². The van der Waals surface area contributed by atoms with Gasteiger partial charge in [-0.1, -0.05) is 87.6 Å². The lowest BCUT2D eigenvalue weighted by Crippen LogP contribution is -2.21. The molecular weight excluding hydrogens is 464 g/mol. The zero-order valence-corrected chi connectivity index (χ0v) is 22.9. The molecule has 198 valence electrons. The third-order valence-electron chi connectivity index (χ3n) is 7.31. The number of aryl methyl sites for hydroxylation is 3. The van der Waals surface area contributed by atoms with E-state index in [0.29, 0.717) is 28.7 Å². The van der Waals surface area contributed by atoms with Crippen LogP contribution in [0.3, 0.4) is 0 Å². The average Bonchev–Trinajstić information content (AvgIpc) is 2.80. The van der Waals surface area contributed by atoms with Gasteiger partial charge in [0, 0.05) is 12.8 Å². The molecule has 3 aromatic rings. The SMILES string of the molecule is CCCCCC(C)(C)c1ccc(Cc2cc(C)cc(Cc3cc(C)cc(C)c3O)c2O)c(O)c1C(=O)O. The molecule has 0 radical (unpaired) electrons. The number of carbonyl (C=O) groups is 1. The van der Waals surface area contributed by atoms with Crippen LogP contribution in [0.25, 0.3) is 0 Å². The smallest absolute Gasteiger partial charge is 0.339 e. The van der Waals surface area contributed by atoms with Crippen LogP contribution < -0.4 is 0 Å². The maximum Gasteiger partial charge on any atom is 0.339 e. The predicted octanol–water partition coefficient (Wildman–Crippen LogP) is 7.47. The fourth-order valence-corrected chi connectivity index (χ4v) is 5.31. The molecule has 0 aromatic heterocycles. The lowest BCUT2D eigenvalue weighted by atomic mass is 9.76. The molecule has 0 amide bonds. The van der Waals surface area contributed by atoms with E-state index < -0.39 is 11.4 Å². The van der Waals surface area contributed by atoms with Gasteiger partial charge in [0.05, 0.1) is 0 Å². The normalized spacial score (nSPS) is 11.6. The van der Waals surface area contributed by atoms with Crippen LogP contribution in [0.2, 0.25) is 0 Å². The molecule has 0 unspecified atom stereocenters. The van der Waals surface area contributed by atoms with Crippen LogP contribution in [0.15, 0.2) is 36.4 Å². The van der Waals surface area contributed by atoms with E-state index >= 15 is 0 Å². The summed E-state index contributed by atoms with van der Waals surface area (Å²) in [5.74, 6) is -1.10. The van der Waals surface area contributed by atoms with Crippen molar-refractivity contribution in [2.45, 2.75) is 85.5 Å². The number of unbranched alkanes of at least 4 members (excludes halogenated alkanes) is 2. The Bertz CT molecular complexity index is 1300. The van der Waals surface area contributed by atoms with E-state index in [4.69, 9.17) is 0 Å². The third-order valence-corrected chi connectivity index (χ3v) is 7.31. The molecule has 0 aliphatic heterocycles. The van der Waals surface area contributed by atoms with Crippen molar-refractivity contribution < 1.29 is 25.2 Å². The summed E-state index contributed by atoms with van der Waals surface area (Å²) < 4.78 is 0. The number of phenols is 3. The Morgan fingerprint density at radius 3 is 1.86 bits per heavy atom. The number of carboxylic acids is 1. The Hall–Kier alpha value is -3.47. The summed E-state index contributed by atoms with van der Waals surface area (Å²) in [6.45, 7) is 11.9. The van der Waals surface area contributed by atoms with E-state index in [1.807, 2.05) is 65.0 Å². The molecular formula is C32H40O5. The van der Waals surface area contributed by atoms with Crippen LogP contribution in [-0.2, 0) is 18.3 Å². The second-order valence-electron chi connectivity index (χ2n) is 11.0. The van der Waals surface area contributed by atoms with Crippen LogP contribution in [0, 0.1) is 20.8 Å². The highest BCUT2D eigenvalue weighted by molar-refractivity contribution is 5.93. The maximum atomic E-state index is 12.3. The number of aromatic carboxylic acids is 1. The minimum absolute atomic E-state index is 0.0634. The second-order valence-corrected chi connectivity index (χ2v) is 11.0. The fourth-order valence-electron chi connectivity index (χ4n) is 5.31.